The first-order valence-corrected chi connectivity index (χ1v) is 10.2. The quantitative estimate of drug-likeness (QED) is 0.414. The van der Waals surface area contributed by atoms with Crippen LogP contribution in [0.3, 0.4) is 0 Å². The summed E-state index contributed by atoms with van der Waals surface area (Å²) in [6.45, 7) is 4.78. The fourth-order valence-electron chi connectivity index (χ4n) is 3.62. The van der Waals surface area contributed by atoms with Crippen molar-refractivity contribution in [2.45, 2.75) is 26.3 Å². The number of hydrogen-bond donors (Lipinski definition) is 2. The second-order valence-electron chi connectivity index (χ2n) is 7.62. The van der Waals surface area contributed by atoms with E-state index in [0.717, 1.165) is 17.8 Å². The molecule has 5 rings (SSSR count). The minimum absolute atomic E-state index is 0.175. The van der Waals surface area contributed by atoms with Crippen molar-refractivity contribution in [3.8, 4) is 11.4 Å². The van der Waals surface area contributed by atoms with Crippen LogP contribution in [0.2, 0.25) is 0 Å². The third-order valence-electron chi connectivity index (χ3n) is 5.17. The minimum Gasteiger partial charge on any atom is -0.368 e. The second kappa shape index (κ2) is 7.75. The normalized spacial score (nSPS) is 11.6. The Balaban J connectivity index is 1.49. The van der Waals surface area contributed by atoms with Gasteiger partial charge in [0, 0.05) is 36.8 Å². The van der Waals surface area contributed by atoms with Gasteiger partial charge in [0.05, 0.1) is 18.7 Å². The molecule has 0 saturated carbocycles. The summed E-state index contributed by atoms with van der Waals surface area (Å²) in [5, 5.41) is 3.40. The van der Waals surface area contributed by atoms with Crippen molar-refractivity contribution in [3.63, 3.8) is 0 Å². The van der Waals surface area contributed by atoms with Gasteiger partial charge in [0.2, 0.25) is 0 Å². The van der Waals surface area contributed by atoms with E-state index < -0.39 is 5.82 Å². The molecule has 31 heavy (non-hydrogen) atoms. The smallest absolute Gasteiger partial charge is 0.284 e. The molecule has 0 aromatic carbocycles. The summed E-state index contributed by atoms with van der Waals surface area (Å²) in [7, 11) is 0. The predicted molar refractivity (Wildman–Crippen MR) is 115 cm³/mol. The molecule has 0 radical (unpaired) electrons. The van der Waals surface area contributed by atoms with Gasteiger partial charge in [-0.05, 0) is 26.0 Å². The van der Waals surface area contributed by atoms with Gasteiger partial charge in [-0.1, -0.05) is 6.07 Å². The molecule has 0 amide bonds. The van der Waals surface area contributed by atoms with Gasteiger partial charge in [0.25, 0.3) is 5.65 Å². The first-order chi connectivity index (χ1) is 15.1. The fraction of sp³-hybridized carbons (Fsp3) is 0.227. The highest BCUT2D eigenvalue weighted by molar-refractivity contribution is 5.85. The predicted octanol–water partition coefficient (Wildman–Crippen LogP) is 3.33. The molecular weight excluding hydrogens is 395 g/mol. The van der Waals surface area contributed by atoms with Gasteiger partial charge in [-0.25, -0.2) is 28.7 Å². The van der Waals surface area contributed by atoms with Crippen molar-refractivity contribution in [1.82, 2.24) is 29.5 Å². The molecule has 0 aliphatic rings. The average Bonchev–Trinajstić information content (AvgIpc) is 3.38. The number of hydrogen-bond acceptors (Lipinski definition) is 5. The average molecular weight is 417 g/mol. The van der Waals surface area contributed by atoms with E-state index in [0.29, 0.717) is 34.9 Å². The van der Waals surface area contributed by atoms with E-state index >= 15 is 0 Å². The molecular formula is C22H22FN8+. The first kappa shape index (κ1) is 19.1. The highest BCUT2D eigenvalue weighted by Gasteiger charge is 2.17. The van der Waals surface area contributed by atoms with Gasteiger partial charge in [-0.15, -0.1) is 0 Å². The summed E-state index contributed by atoms with van der Waals surface area (Å²) in [6, 6.07) is 7.59. The zero-order valence-corrected chi connectivity index (χ0v) is 17.2. The number of rotatable bonds is 6. The molecule has 5 aromatic heterocycles. The first-order valence-electron chi connectivity index (χ1n) is 10.2. The van der Waals surface area contributed by atoms with Crippen LogP contribution in [-0.4, -0.2) is 36.0 Å². The second-order valence-corrected chi connectivity index (χ2v) is 7.62. The Kier molecular flexibility index (Phi) is 4.78. The molecule has 0 spiro atoms. The molecule has 0 unspecified atom stereocenters. The Hall–Kier alpha value is -3.88. The maximum atomic E-state index is 13.7. The summed E-state index contributed by atoms with van der Waals surface area (Å²) >= 11 is 0. The maximum absolute atomic E-state index is 13.7. The van der Waals surface area contributed by atoms with E-state index in [4.69, 9.17) is 0 Å². The molecule has 5 heterocycles. The number of fused-ring (bicyclic) bond motifs is 2. The molecule has 9 heteroatoms. The molecule has 5 aromatic rings. The number of imidazole rings is 2. The van der Waals surface area contributed by atoms with Crippen molar-refractivity contribution >= 4 is 22.6 Å². The van der Waals surface area contributed by atoms with Gasteiger partial charge < -0.3 is 9.88 Å². The van der Waals surface area contributed by atoms with Crippen molar-refractivity contribution in [1.29, 1.82) is 0 Å². The fourth-order valence-corrected chi connectivity index (χ4v) is 3.62. The number of H-pyrrole nitrogens is 1. The van der Waals surface area contributed by atoms with Crippen LogP contribution < -0.4 is 9.72 Å². The van der Waals surface area contributed by atoms with Crippen LogP contribution in [0, 0.1) is 5.82 Å². The molecule has 156 valence electrons. The molecule has 0 bridgehead atoms. The largest absolute Gasteiger partial charge is 0.368 e. The highest BCUT2D eigenvalue weighted by Crippen LogP contribution is 2.25. The minimum atomic E-state index is -0.426. The lowest BCUT2D eigenvalue weighted by Crippen LogP contribution is -2.25. The summed E-state index contributed by atoms with van der Waals surface area (Å²) in [4.78, 5) is 21.0. The summed E-state index contributed by atoms with van der Waals surface area (Å²) < 4.78 is 17.8. The van der Waals surface area contributed by atoms with Crippen LogP contribution in [0.1, 0.15) is 25.6 Å². The van der Waals surface area contributed by atoms with E-state index in [9.17, 15) is 4.39 Å². The number of aromatic amines is 1. The molecule has 0 fully saturated rings. The van der Waals surface area contributed by atoms with Gasteiger partial charge in [0.15, 0.2) is 17.3 Å². The van der Waals surface area contributed by atoms with E-state index in [-0.39, 0.29) is 6.04 Å². The number of pyridine rings is 2. The van der Waals surface area contributed by atoms with Crippen LogP contribution in [-0.2, 0) is 6.42 Å². The van der Waals surface area contributed by atoms with E-state index in [1.54, 1.807) is 12.5 Å². The molecule has 0 aliphatic carbocycles. The standard InChI is InChI=1S/C22H21FN8/c1-14(2)31-13-27-19-21(25-7-6-17-12-26-18-5-3-4-8-30(17)18)28-20(29-22(19)31)15-9-16(23)11-24-10-15/h3-5,8-14H,6-7H2,1-2H3,(H,25,28,29)/p+1. The zero-order chi connectivity index (χ0) is 21.4. The van der Waals surface area contributed by atoms with Gasteiger partial charge in [-0.3, -0.25) is 4.98 Å². The van der Waals surface area contributed by atoms with Crippen LogP contribution >= 0.6 is 0 Å². The Morgan fingerprint density at radius 3 is 2.97 bits per heavy atom. The topological polar surface area (TPSA) is 88.4 Å². The van der Waals surface area contributed by atoms with Crippen molar-refractivity contribution in [2.24, 2.45) is 0 Å². The summed E-state index contributed by atoms with van der Waals surface area (Å²) in [5.74, 6) is 0.601. The lowest BCUT2D eigenvalue weighted by molar-refractivity contribution is -0.519. The van der Waals surface area contributed by atoms with E-state index in [2.05, 4.69) is 48.5 Å². The molecule has 8 nitrogen and oxygen atoms in total. The lowest BCUT2D eigenvalue weighted by Gasteiger charge is -2.11. The number of anilines is 1. The molecule has 0 atom stereocenters. The molecule has 0 saturated heterocycles. The van der Waals surface area contributed by atoms with Crippen LogP contribution in [0.5, 0.6) is 0 Å². The van der Waals surface area contributed by atoms with Crippen LogP contribution in [0.15, 0.2) is 55.4 Å². The van der Waals surface area contributed by atoms with Crippen LogP contribution in [0.4, 0.5) is 10.2 Å². The van der Waals surface area contributed by atoms with Crippen molar-refractivity contribution in [3.05, 3.63) is 66.9 Å². The van der Waals surface area contributed by atoms with Gasteiger partial charge in [-0.2, -0.15) is 0 Å². The Labute approximate surface area is 177 Å². The Morgan fingerprint density at radius 2 is 2.13 bits per heavy atom. The highest BCUT2D eigenvalue weighted by atomic mass is 19.1. The third kappa shape index (κ3) is 3.58. The summed E-state index contributed by atoms with van der Waals surface area (Å²) in [6.07, 6.45) is 9.30. The lowest BCUT2D eigenvalue weighted by atomic mass is 10.2. The number of nitrogens with one attached hydrogen (secondary N) is 2. The third-order valence-corrected chi connectivity index (χ3v) is 5.17. The van der Waals surface area contributed by atoms with Gasteiger partial charge in [0.1, 0.15) is 23.2 Å². The zero-order valence-electron chi connectivity index (χ0n) is 17.2. The maximum Gasteiger partial charge on any atom is 0.284 e. The van der Waals surface area contributed by atoms with Crippen molar-refractivity contribution in [2.75, 3.05) is 11.9 Å². The summed E-state index contributed by atoms with van der Waals surface area (Å²) in [5.41, 5.74) is 4.10. The number of aromatic nitrogens is 7. The number of halogens is 1. The Bertz CT molecular complexity index is 1370. The monoisotopic (exact) mass is 417 g/mol. The van der Waals surface area contributed by atoms with E-state index in [1.165, 1.54) is 12.3 Å². The van der Waals surface area contributed by atoms with Crippen molar-refractivity contribution < 1.29 is 8.79 Å². The SMILES string of the molecule is CC(C)n1cnc2c(NCCc3c[nH]c4cccc[n+]34)nc(-c3cncc(F)c3)nc21. The van der Waals surface area contributed by atoms with Crippen LogP contribution in [0.25, 0.3) is 28.2 Å². The molecule has 0 aliphatic heterocycles. The number of nitrogens with zero attached hydrogens (tertiary/aromatic N) is 6. The molecule has 2 N–H and O–H groups in total. The van der Waals surface area contributed by atoms with E-state index in [1.807, 2.05) is 35.2 Å². The van der Waals surface area contributed by atoms with Gasteiger partial charge >= 0.3 is 0 Å². The Morgan fingerprint density at radius 1 is 1.23 bits per heavy atom.